The zero-order valence-electron chi connectivity index (χ0n) is 13.3. The van der Waals surface area contributed by atoms with Gasteiger partial charge in [-0.25, -0.2) is 9.97 Å². The van der Waals surface area contributed by atoms with Crippen molar-refractivity contribution in [2.24, 2.45) is 5.41 Å². The standard InChI is InChI=1S/C17H26N4/c1-4-5-6-9-17(2,3)12-21-13-19-11-15(21)14-8-7-10-20-16(14)18/h7-8,10-11,13H,4-6,9,12H2,1-3H3,(H2,18,20). The van der Waals surface area contributed by atoms with Crippen LogP contribution >= 0.6 is 0 Å². The van der Waals surface area contributed by atoms with E-state index in [1.54, 1.807) is 6.20 Å². The van der Waals surface area contributed by atoms with Crippen molar-refractivity contribution >= 4 is 5.82 Å². The third-order valence-electron chi connectivity index (χ3n) is 3.88. The lowest BCUT2D eigenvalue weighted by Gasteiger charge is -2.26. The van der Waals surface area contributed by atoms with Crippen LogP contribution in [0.25, 0.3) is 11.3 Å². The van der Waals surface area contributed by atoms with E-state index in [-0.39, 0.29) is 5.41 Å². The SMILES string of the molecule is CCCCCC(C)(C)Cn1cncc1-c1cccnc1N. The first-order valence-corrected chi connectivity index (χ1v) is 7.74. The summed E-state index contributed by atoms with van der Waals surface area (Å²) in [5, 5.41) is 0. The van der Waals surface area contributed by atoms with Crippen molar-refractivity contribution in [2.75, 3.05) is 5.73 Å². The van der Waals surface area contributed by atoms with Crippen LogP contribution in [0.4, 0.5) is 5.82 Å². The fraction of sp³-hybridized carbons (Fsp3) is 0.529. The summed E-state index contributed by atoms with van der Waals surface area (Å²) in [5.74, 6) is 0.558. The number of rotatable bonds is 7. The highest BCUT2D eigenvalue weighted by molar-refractivity contribution is 5.70. The lowest BCUT2D eigenvalue weighted by molar-refractivity contribution is 0.272. The van der Waals surface area contributed by atoms with Gasteiger partial charge >= 0.3 is 0 Å². The molecule has 114 valence electrons. The van der Waals surface area contributed by atoms with E-state index in [4.69, 9.17) is 5.73 Å². The second-order valence-corrected chi connectivity index (χ2v) is 6.46. The molecule has 0 aliphatic carbocycles. The number of pyridine rings is 1. The summed E-state index contributed by atoms with van der Waals surface area (Å²) in [4.78, 5) is 8.47. The molecule has 0 saturated heterocycles. The second kappa shape index (κ2) is 6.74. The minimum atomic E-state index is 0.252. The third kappa shape index (κ3) is 4.06. The van der Waals surface area contributed by atoms with Crippen LogP contribution in [0.2, 0.25) is 0 Å². The van der Waals surface area contributed by atoms with E-state index in [1.165, 1.54) is 25.7 Å². The lowest BCUT2D eigenvalue weighted by atomic mass is 9.86. The lowest BCUT2D eigenvalue weighted by Crippen LogP contribution is -2.20. The largest absolute Gasteiger partial charge is 0.383 e. The van der Waals surface area contributed by atoms with Crippen LogP contribution in [-0.2, 0) is 6.54 Å². The van der Waals surface area contributed by atoms with Gasteiger partial charge in [-0.1, -0.05) is 40.0 Å². The molecule has 0 bridgehead atoms. The average molecular weight is 286 g/mol. The fourth-order valence-corrected chi connectivity index (χ4v) is 2.70. The van der Waals surface area contributed by atoms with Gasteiger partial charge in [0.05, 0.1) is 18.2 Å². The number of imidazole rings is 1. The van der Waals surface area contributed by atoms with E-state index in [0.29, 0.717) is 5.82 Å². The van der Waals surface area contributed by atoms with Gasteiger partial charge in [0.1, 0.15) is 5.82 Å². The molecule has 2 N–H and O–H groups in total. The van der Waals surface area contributed by atoms with Crippen LogP contribution < -0.4 is 5.73 Å². The molecule has 2 aromatic rings. The molecule has 0 aliphatic heterocycles. The Bertz CT molecular complexity index is 572. The van der Waals surface area contributed by atoms with Crippen LogP contribution in [0, 0.1) is 5.41 Å². The first-order chi connectivity index (χ1) is 10.0. The van der Waals surface area contributed by atoms with E-state index < -0.39 is 0 Å². The molecular weight excluding hydrogens is 260 g/mol. The van der Waals surface area contributed by atoms with Crippen molar-refractivity contribution < 1.29 is 0 Å². The van der Waals surface area contributed by atoms with Crippen LogP contribution in [0.15, 0.2) is 30.9 Å². The summed E-state index contributed by atoms with van der Waals surface area (Å²) in [5.41, 5.74) is 8.25. The van der Waals surface area contributed by atoms with Crippen LogP contribution in [0.5, 0.6) is 0 Å². The van der Waals surface area contributed by atoms with E-state index in [0.717, 1.165) is 17.8 Å². The Balaban J connectivity index is 2.16. The molecule has 0 fully saturated rings. The van der Waals surface area contributed by atoms with Crippen LogP contribution in [0.3, 0.4) is 0 Å². The number of nitrogen functional groups attached to an aromatic ring is 1. The Morgan fingerprint density at radius 2 is 2.10 bits per heavy atom. The van der Waals surface area contributed by atoms with Gasteiger partial charge in [0.2, 0.25) is 0 Å². The van der Waals surface area contributed by atoms with Gasteiger partial charge in [0.25, 0.3) is 0 Å². The Morgan fingerprint density at radius 1 is 1.29 bits per heavy atom. The van der Waals surface area contributed by atoms with Gasteiger partial charge in [0.15, 0.2) is 0 Å². The molecule has 0 aliphatic rings. The number of anilines is 1. The van der Waals surface area contributed by atoms with Gasteiger partial charge in [-0.15, -0.1) is 0 Å². The number of hydrogen-bond donors (Lipinski definition) is 1. The Kier molecular flexibility index (Phi) is 4.99. The van der Waals surface area contributed by atoms with E-state index >= 15 is 0 Å². The second-order valence-electron chi connectivity index (χ2n) is 6.46. The fourth-order valence-electron chi connectivity index (χ4n) is 2.70. The number of nitrogens with two attached hydrogens (primary N) is 1. The van der Waals surface area contributed by atoms with Crippen molar-refractivity contribution in [2.45, 2.75) is 53.0 Å². The van der Waals surface area contributed by atoms with Crippen molar-refractivity contribution in [1.82, 2.24) is 14.5 Å². The van der Waals surface area contributed by atoms with Gasteiger partial charge < -0.3 is 10.3 Å². The first kappa shape index (κ1) is 15.5. The molecule has 21 heavy (non-hydrogen) atoms. The molecule has 4 heteroatoms. The van der Waals surface area contributed by atoms with Crippen molar-refractivity contribution in [1.29, 1.82) is 0 Å². The molecule has 2 rings (SSSR count). The first-order valence-electron chi connectivity index (χ1n) is 7.74. The minimum Gasteiger partial charge on any atom is -0.383 e. The zero-order chi connectivity index (χ0) is 15.3. The number of hydrogen-bond acceptors (Lipinski definition) is 3. The maximum atomic E-state index is 5.99. The maximum absolute atomic E-state index is 5.99. The summed E-state index contributed by atoms with van der Waals surface area (Å²) < 4.78 is 2.19. The summed E-state index contributed by atoms with van der Waals surface area (Å²) >= 11 is 0. The maximum Gasteiger partial charge on any atom is 0.132 e. The van der Waals surface area contributed by atoms with E-state index in [1.807, 2.05) is 24.7 Å². The highest BCUT2D eigenvalue weighted by atomic mass is 15.1. The molecular formula is C17H26N4. The summed E-state index contributed by atoms with van der Waals surface area (Å²) in [7, 11) is 0. The molecule has 4 nitrogen and oxygen atoms in total. The molecule has 0 aromatic carbocycles. The van der Waals surface area contributed by atoms with Crippen molar-refractivity contribution in [3.63, 3.8) is 0 Å². The van der Waals surface area contributed by atoms with Gasteiger partial charge in [0, 0.05) is 18.3 Å². The predicted molar refractivity (Wildman–Crippen MR) is 87.8 cm³/mol. The van der Waals surface area contributed by atoms with E-state index in [9.17, 15) is 0 Å². The molecule has 0 saturated carbocycles. The average Bonchev–Trinajstić information content (AvgIpc) is 2.86. The number of nitrogens with zero attached hydrogens (tertiary/aromatic N) is 3. The van der Waals surface area contributed by atoms with Crippen molar-refractivity contribution in [3.05, 3.63) is 30.9 Å². The molecule has 0 radical (unpaired) electrons. The molecule has 2 aromatic heterocycles. The molecule has 2 heterocycles. The summed E-state index contributed by atoms with van der Waals surface area (Å²) in [6, 6.07) is 3.91. The number of aromatic nitrogens is 3. The predicted octanol–water partition coefficient (Wildman–Crippen LogP) is 4.13. The minimum absolute atomic E-state index is 0.252. The van der Waals surface area contributed by atoms with Crippen molar-refractivity contribution in [3.8, 4) is 11.3 Å². The molecule has 0 amide bonds. The monoisotopic (exact) mass is 286 g/mol. The van der Waals surface area contributed by atoms with Gasteiger partial charge in [-0.2, -0.15) is 0 Å². The molecule has 0 unspecified atom stereocenters. The highest BCUT2D eigenvalue weighted by Gasteiger charge is 2.20. The van der Waals surface area contributed by atoms with Gasteiger partial charge in [-0.3, -0.25) is 0 Å². The third-order valence-corrected chi connectivity index (χ3v) is 3.88. The zero-order valence-corrected chi connectivity index (χ0v) is 13.3. The van der Waals surface area contributed by atoms with Crippen LogP contribution in [0.1, 0.15) is 46.5 Å². The molecule has 0 atom stereocenters. The Morgan fingerprint density at radius 3 is 2.81 bits per heavy atom. The Hall–Kier alpha value is -1.84. The normalized spacial score (nSPS) is 11.8. The summed E-state index contributed by atoms with van der Waals surface area (Å²) in [6.45, 7) is 7.82. The quantitative estimate of drug-likeness (QED) is 0.778. The highest BCUT2D eigenvalue weighted by Crippen LogP contribution is 2.30. The van der Waals surface area contributed by atoms with E-state index in [2.05, 4.69) is 35.3 Å². The van der Waals surface area contributed by atoms with Gasteiger partial charge in [-0.05, 0) is 24.0 Å². The smallest absolute Gasteiger partial charge is 0.132 e. The summed E-state index contributed by atoms with van der Waals surface area (Å²) in [6.07, 6.45) is 10.5. The van der Waals surface area contributed by atoms with Crippen LogP contribution in [-0.4, -0.2) is 14.5 Å². The topological polar surface area (TPSA) is 56.7 Å². The number of unbranched alkanes of at least 4 members (excludes halogenated alkanes) is 2. The Labute approximate surface area is 127 Å². The molecule has 0 spiro atoms.